The molecule has 0 aliphatic carbocycles. The Morgan fingerprint density at radius 3 is 2.31 bits per heavy atom. The van der Waals surface area contributed by atoms with E-state index >= 15 is 0 Å². The summed E-state index contributed by atoms with van der Waals surface area (Å²) in [5, 5.41) is 24.3. The topological polar surface area (TPSA) is 283 Å². The molecular formula is C30H36F3N7O12S2. The van der Waals surface area contributed by atoms with Crippen LogP contribution in [0, 0.1) is 12.8 Å². The first-order valence-electron chi connectivity index (χ1n) is 15.5. The van der Waals surface area contributed by atoms with Crippen molar-refractivity contribution in [3.05, 3.63) is 47.1 Å². The minimum absolute atomic E-state index is 0.0198. The number of alkyl halides is 3. The lowest BCUT2D eigenvalue weighted by atomic mass is 9.74. The smallest absolute Gasteiger partial charge is 0.430 e. The normalized spacial score (nSPS) is 16.2. The zero-order valence-electron chi connectivity index (χ0n) is 29.0. The summed E-state index contributed by atoms with van der Waals surface area (Å²) < 4.78 is 76.9. The summed E-state index contributed by atoms with van der Waals surface area (Å²) in [6, 6.07) is 9.11. The number of carboxylic acids is 2. The predicted molar refractivity (Wildman–Crippen MR) is 178 cm³/mol. The van der Waals surface area contributed by atoms with Gasteiger partial charge >= 0.3 is 22.5 Å². The molecule has 54 heavy (non-hydrogen) atoms. The van der Waals surface area contributed by atoms with Crippen LogP contribution in [-0.4, -0.2) is 93.1 Å². The van der Waals surface area contributed by atoms with Crippen LogP contribution >= 0.6 is 11.3 Å². The highest BCUT2D eigenvalue weighted by Crippen LogP contribution is 2.40. The molecule has 0 radical (unpaired) electrons. The van der Waals surface area contributed by atoms with Gasteiger partial charge in [-0.25, -0.2) is 9.78 Å². The SMILES string of the molecule is Cc1cc(-c2ccc(OC[C@H](O/N=C(\C(=O)C[C@@H]3C(=O)N(OS(=O)(=O)O)C3(C)C)c3csc(N)n3)C(=O)O)cc2)[n+](CCCN)n1C.O=C([O-])C(F)(F)F. The predicted octanol–water partition coefficient (Wildman–Crippen LogP) is 0.158. The molecule has 3 heterocycles. The van der Waals surface area contributed by atoms with Crippen LogP contribution < -0.4 is 26.0 Å². The summed E-state index contributed by atoms with van der Waals surface area (Å²) >= 11 is 0.989. The Balaban J connectivity index is 0.00000102. The molecule has 6 N–H and O–H groups in total. The number of hydroxylamine groups is 2. The van der Waals surface area contributed by atoms with Gasteiger partial charge in [0.25, 0.3) is 12.0 Å². The lowest BCUT2D eigenvalue weighted by Gasteiger charge is -2.50. The number of hydrogen-bond acceptors (Lipinski definition) is 15. The van der Waals surface area contributed by atoms with Gasteiger partial charge < -0.3 is 36.0 Å². The van der Waals surface area contributed by atoms with Gasteiger partial charge in [-0.05, 0) is 51.6 Å². The van der Waals surface area contributed by atoms with Crippen LogP contribution in [-0.2, 0) is 52.3 Å². The number of anilines is 1. The molecule has 1 amide bonds. The molecule has 19 nitrogen and oxygen atoms in total. The van der Waals surface area contributed by atoms with Gasteiger partial charge in [0, 0.05) is 29.9 Å². The molecule has 1 fully saturated rings. The Morgan fingerprint density at radius 2 is 1.83 bits per heavy atom. The van der Waals surface area contributed by atoms with Crippen molar-refractivity contribution >= 4 is 56.2 Å². The fourth-order valence-electron chi connectivity index (χ4n) is 4.90. The third-order valence-electron chi connectivity index (χ3n) is 7.86. The van der Waals surface area contributed by atoms with Crippen LogP contribution in [0.2, 0.25) is 0 Å². The maximum atomic E-state index is 13.3. The fourth-order valence-corrected chi connectivity index (χ4v) is 5.91. The third-order valence-corrected chi connectivity index (χ3v) is 8.87. The molecule has 2 aromatic heterocycles. The van der Waals surface area contributed by atoms with Gasteiger partial charge in [-0.3, -0.25) is 14.1 Å². The highest BCUT2D eigenvalue weighted by molar-refractivity contribution is 7.80. The number of Topliss-reactive ketones (excluding diaryl/α,β-unsaturated/α-hetero) is 1. The van der Waals surface area contributed by atoms with Crippen LogP contribution in [0.1, 0.15) is 38.1 Å². The molecule has 1 aliphatic heterocycles. The number of ether oxygens (including phenoxy) is 1. The van der Waals surface area contributed by atoms with Gasteiger partial charge in [-0.1, -0.05) is 5.16 Å². The molecular weight excluding hydrogens is 771 g/mol. The summed E-state index contributed by atoms with van der Waals surface area (Å²) in [6.45, 7) is 5.67. The number of β-lactam (4-membered cyclic amide) rings is 1. The first-order chi connectivity index (χ1) is 25.0. The Hall–Kier alpha value is -5.17. The van der Waals surface area contributed by atoms with Crippen molar-refractivity contribution in [2.24, 2.45) is 23.9 Å². The van der Waals surface area contributed by atoms with Gasteiger partial charge in [-0.2, -0.15) is 31.3 Å². The number of aromatic nitrogens is 3. The number of carbonyl (C=O) groups is 4. The van der Waals surface area contributed by atoms with Crippen LogP contribution in [0.15, 0.2) is 40.9 Å². The zero-order valence-corrected chi connectivity index (χ0v) is 30.6. The molecule has 1 aliphatic rings. The van der Waals surface area contributed by atoms with E-state index in [1.165, 1.54) is 19.2 Å². The highest BCUT2D eigenvalue weighted by atomic mass is 32.3. The quantitative estimate of drug-likeness (QED) is 0.0493. The Kier molecular flexibility index (Phi) is 13.9. The van der Waals surface area contributed by atoms with E-state index in [1.807, 2.05) is 30.8 Å². The zero-order chi connectivity index (χ0) is 40.8. The first-order valence-corrected chi connectivity index (χ1v) is 17.7. The average Bonchev–Trinajstić information content (AvgIpc) is 3.63. The second kappa shape index (κ2) is 17.3. The van der Waals surface area contributed by atoms with Crippen molar-refractivity contribution in [1.82, 2.24) is 14.7 Å². The van der Waals surface area contributed by atoms with E-state index in [0.717, 1.165) is 41.3 Å². The Bertz CT molecular complexity index is 2000. The standard InChI is InChI=1S/C28H35N7O10S2.C2HF3O2/c1-16-12-21(34(33(16)4)11-5-10-29)17-6-8-18(9-7-17)43-14-23(26(38)39)44-32-24(20-15-46-27(30)31-20)22(36)13-19-25(37)35(28(19,2)3)45-47(40,41)42;3-2(4,5)1(6)7/h6-9,12,15,19,23H,5,10-11,13-14,29H2,1-4H3,(H3-,30,31,38,39,40,41,42);(H,6,7)/b32-24-;/t19-,23+;/m1./s1. The number of aryl methyl sites for hydroxylation is 1. The molecule has 3 aromatic rings. The van der Waals surface area contributed by atoms with Crippen molar-refractivity contribution in [3.8, 4) is 17.0 Å². The second-order valence-electron chi connectivity index (χ2n) is 12.0. The number of nitrogens with zero attached hydrogens (tertiary/aromatic N) is 5. The number of benzene rings is 1. The number of aliphatic carboxylic acids is 2. The molecule has 1 aromatic carbocycles. The molecule has 24 heteroatoms. The number of nitrogens with two attached hydrogens (primary N) is 2. The summed E-state index contributed by atoms with van der Waals surface area (Å²) in [4.78, 5) is 56.0. The summed E-state index contributed by atoms with van der Waals surface area (Å²) in [5.74, 6) is -6.80. The second-order valence-corrected chi connectivity index (χ2v) is 13.9. The number of nitrogen functional groups attached to an aromatic ring is 1. The Labute approximate surface area is 309 Å². The van der Waals surface area contributed by atoms with Gasteiger partial charge in [0.2, 0.25) is 5.69 Å². The number of amides is 1. The number of rotatable bonds is 16. The van der Waals surface area contributed by atoms with E-state index in [4.69, 9.17) is 35.5 Å². The molecule has 0 saturated carbocycles. The highest BCUT2D eigenvalue weighted by Gasteiger charge is 2.57. The van der Waals surface area contributed by atoms with Crippen LogP contribution in [0.4, 0.5) is 18.3 Å². The minimum Gasteiger partial charge on any atom is -0.542 e. The molecule has 4 rings (SSSR count). The molecule has 296 valence electrons. The molecule has 0 bridgehead atoms. The Morgan fingerprint density at radius 1 is 1.22 bits per heavy atom. The van der Waals surface area contributed by atoms with E-state index in [0.29, 0.717) is 17.4 Å². The third kappa shape index (κ3) is 10.9. The lowest BCUT2D eigenvalue weighted by Crippen LogP contribution is -2.68. The lowest BCUT2D eigenvalue weighted by molar-refractivity contribution is -0.764. The number of carboxylic acid groups (broad SMARTS) is 2. The van der Waals surface area contributed by atoms with Gasteiger partial charge in [0.1, 0.15) is 24.0 Å². The van der Waals surface area contributed by atoms with Gasteiger partial charge in [-0.15, -0.1) is 20.3 Å². The molecule has 0 spiro atoms. The molecule has 1 saturated heterocycles. The van der Waals surface area contributed by atoms with Crippen LogP contribution in [0.3, 0.4) is 0 Å². The van der Waals surface area contributed by atoms with E-state index in [-0.39, 0.29) is 10.8 Å². The van der Waals surface area contributed by atoms with E-state index in [9.17, 15) is 41.1 Å². The van der Waals surface area contributed by atoms with Crippen molar-refractivity contribution in [2.45, 2.75) is 58.0 Å². The van der Waals surface area contributed by atoms with Gasteiger partial charge in [0.15, 0.2) is 23.2 Å². The first kappa shape index (κ1) is 43.2. The summed E-state index contributed by atoms with van der Waals surface area (Å²) in [5.41, 5.74) is 12.6. The number of oxime groups is 1. The van der Waals surface area contributed by atoms with Crippen molar-refractivity contribution < 1.29 is 74.1 Å². The van der Waals surface area contributed by atoms with Crippen molar-refractivity contribution in [3.63, 3.8) is 0 Å². The summed E-state index contributed by atoms with van der Waals surface area (Å²) in [6.07, 6.45) is -6.53. The average molecular weight is 808 g/mol. The number of ketones is 1. The largest absolute Gasteiger partial charge is 0.542 e. The number of carbonyl (C=O) groups excluding carboxylic acids is 3. The van der Waals surface area contributed by atoms with Crippen molar-refractivity contribution in [1.29, 1.82) is 0 Å². The van der Waals surface area contributed by atoms with Gasteiger partial charge in [0.05, 0.1) is 24.2 Å². The van der Waals surface area contributed by atoms with Crippen molar-refractivity contribution in [2.75, 3.05) is 18.9 Å². The monoisotopic (exact) mass is 807 g/mol. The maximum absolute atomic E-state index is 13.3. The fraction of sp³-hybridized carbons (Fsp3) is 0.433. The van der Waals surface area contributed by atoms with E-state index < -0.39 is 76.5 Å². The van der Waals surface area contributed by atoms with Crippen LogP contribution in [0.5, 0.6) is 5.75 Å². The molecule has 2 atom stereocenters. The van der Waals surface area contributed by atoms with Crippen LogP contribution in [0.25, 0.3) is 11.3 Å². The minimum atomic E-state index is -5.19. The van der Waals surface area contributed by atoms with E-state index in [2.05, 4.69) is 25.2 Å². The van der Waals surface area contributed by atoms with E-state index in [1.54, 1.807) is 12.1 Å². The number of thiazole rings is 1. The number of halogens is 3. The number of hydrogen-bond donors (Lipinski definition) is 4. The maximum Gasteiger partial charge on any atom is 0.430 e. The summed E-state index contributed by atoms with van der Waals surface area (Å²) in [7, 11) is -3.02. The molecule has 0 unspecified atom stereocenters.